The lowest BCUT2D eigenvalue weighted by atomic mass is 10.1. The van der Waals surface area contributed by atoms with Crippen LogP contribution in [0, 0.1) is 11.3 Å². The minimum atomic E-state index is 0.649. The highest BCUT2D eigenvalue weighted by molar-refractivity contribution is 5.26. The topological polar surface area (TPSA) is 36.7 Å². The molecule has 104 valence electrons. The maximum absolute atomic E-state index is 8.69. The van der Waals surface area contributed by atoms with E-state index < -0.39 is 0 Å². The zero-order valence-electron chi connectivity index (χ0n) is 12.2. The molecule has 0 saturated carbocycles. The van der Waals surface area contributed by atoms with Crippen molar-refractivity contribution in [1.29, 1.82) is 5.26 Å². The summed E-state index contributed by atoms with van der Waals surface area (Å²) >= 11 is 0. The summed E-state index contributed by atoms with van der Waals surface area (Å²) in [7, 11) is 0. The maximum Gasteiger partial charge on any atom is 0.101 e. The zero-order chi connectivity index (χ0) is 13.8. The molecule has 1 aromatic rings. The van der Waals surface area contributed by atoms with Crippen LogP contribution in [0.1, 0.15) is 76.0 Å². The summed E-state index contributed by atoms with van der Waals surface area (Å²) in [5.74, 6) is 0. The van der Waals surface area contributed by atoms with Crippen LogP contribution in [0.3, 0.4) is 0 Å². The second-order valence-electron chi connectivity index (χ2n) is 5.23. The normalized spacial score (nSPS) is 10.3. The second kappa shape index (κ2) is 10.6. The molecule has 1 heterocycles. The van der Waals surface area contributed by atoms with Crippen molar-refractivity contribution in [3.63, 3.8) is 0 Å². The first-order valence-corrected chi connectivity index (χ1v) is 7.72. The number of rotatable bonds is 10. The molecule has 0 aromatic carbocycles. The molecule has 1 rings (SSSR count). The summed E-state index contributed by atoms with van der Waals surface area (Å²) in [5, 5.41) is 8.69. The fourth-order valence-corrected chi connectivity index (χ4v) is 2.26. The van der Waals surface area contributed by atoms with Crippen molar-refractivity contribution in [2.45, 2.75) is 71.1 Å². The molecule has 0 saturated heterocycles. The van der Waals surface area contributed by atoms with Crippen LogP contribution in [0.5, 0.6) is 0 Å². The van der Waals surface area contributed by atoms with E-state index in [0.29, 0.717) is 5.56 Å². The maximum atomic E-state index is 8.69. The number of aromatic nitrogens is 1. The molecule has 0 amide bonds. The third kappa shape index (κ3) is 7.62. The van der Waals surface area contributed by atoms with Gasteiger partial charge in [0.25, 0.3) is 0 Å². The van der Waals surface area contributed by atoms with E-state index in [9.17, 15) is 0 Å². The average molecular weight is 258 g/mol. The van der Waals surface area contributed by atoms with Crippen molar-refractivity contribution >= 4 is 0 Å². The molecule has 0 aliphatic heterocycles. The molecule has 0 radical (unpaired) electrons. The van der Waals surface area contributed by atoms with Crippen molar-refractivity contribution in [2.24, 2.45) is 0 Å². The lowest BCUT2D eigenvalue weighted by molar-refractivity contribution is 0.563. The highest BCUT2D eigenvalue weighted by atomic mass is 14.7. The number of unbranched alkanes of at least 4 members (excludes halogenated alkanes) is 8. The van der Waals surface area contributed by atoms with Crippen molar-refractivity contribution < 1.29 is 0 Å². The number of hydrogen-bond acceptors (Lipinski definition) is 2. The Hall–Kier alpha value is -1.36. The van der Waals surface area contributed by atoms with Crippen molar-refractivity contribution in [1.82, 2.24) is 4.98 Å². The minimum Gasteiger partial charge on any atom is -0.260 e. The molecule has 0 aliphatic carbocycles. The Morgan fingerprint density at radius 1 is 0.947 bits per heavy atom. The van der Waals surface area contributed by atoms with Gasteiger partial charge in [-0.15, -0.1) is 0 Å². The molecule has 1 aromatic heterocycles. The average Bonchev–Trinajstić information content (AvgIpc) is 2.46. The Morgan fingerprint density at radius 2 is 1.58 bits per heavy atom. The van der Waals surface area contributed by atoms with Crippen LogP contribution in [0.2, 0.25) is 0 Å². The Morgan fingerprint density at radius 3 is 2.11 bits per heavy atom. The van der Waals surface area contributed by atoms with Gasteiger partial charge in [0.05, 0.1) is 5.56 Å². The molecule has 0 spiro atoms. The molecule has 0 atom stereocenters. The highest BCUT2D eigenvalue weighted by Gasteiger charge is 1.96. The summed E-state index contributed by atoms with van der Waals surface area (Å²) in [6.45, 7) is 2.26. The fourth-order valence-electron chi connectivity index (χ4n) is 2.26. The first-order chi connectivity index (χ1) is 9.36. The number of hydrogen-bond donors (Lipinski definition) is 0. The molecule has 0 fully saturated rings. The first-order valence-electron chi connectivity index (χ1n) is 7.72. The Labute approximate surface area is 117 Å². The van der Waals surface area contributed by atoms with Gasteiger partial charge in [-0.05, 0) is 25.0 Å². The summed E-state index contributed by atoms with van der Waals surface area (Å²) < 4.78 is 0. The van der Waals surface area contributed by atoms with Crippen LogP contribution >= 0.6 is 0 Å². The lowest BCUT2D eigenvalue weighted by Gasteiger charge is -2.02. The number of nitrogens with zero attached hydrogens (tertiary/aromatic N) is 2. The van der Waals surface area contributed by atoms with Crippen molar-refractivity contribution in [2.75, 3.05) is 0 Å². The van der Waals surface area contributed by atoms with Crippen LogP contribution in [-0.2, 0) is 6.42 Å². The summed E-state index contributed by atoms with van der Waals surface area (Å²) in [4.78, 5) is 4.29. The third-order valence-corrected chi connectivity index (χ3v) is 3.49. The van der Waals surface area contributed by atoms with E-state index in [0.717, 1.165) is 12.1 Å². The lowest BCUT2D eigenvalue weighted by Crippen LogP contribution is -1.91. The molecule has 2 heteroatoms. The Bertz CT molecular complexity index is 362. The summed E-state index contributed by atoms with van der Waals surface area (Å²) in [6, 6.07) is 5.93. The SMILES string of the molecule is CCCCCCCCCCCc1ccc(C#N)cn1. The first kappa shape index (κ1) is 15.7. The Balaban J connectivity index is 1.97. The zero-order valence-corrected chi connectivity index (χ0v) is 12.2. The predicted molar refractivity (Wildman–Crippen MR) is 79.9 cm³/mol. The van der Waals surface area contributed by atoms with Crippen LogP contribution in [0.4, 0.5) is 0 Å². The van der Waals surface area contributed by atoms with Crippen LogP contribution < -0.4 is 0 Å². The van der Waals surface area contributed by atoms with Gasteiger partial charge in [-0.25, -0.2) is 0 Å². The molecule has 0 unspecified atom stereocenters. The highest BCUT2D eigenvalue weighted by Crippen LogP contribution is 2.11. The van der Waals surface area contributed by atoms with E-state index in [1.165, 1.54) is 57.8 Å². The molecule has 0 bridgehead atoms. The molecular formula is C17H26N2. The third-order valence-electron chi connectivity index (χ3n) is 3.49. The van der Waals surface area contributed by atoms with Gasteiger partial charge in [0.1, 0.15) is 6.07 Å². The molecule has 19 heavy (non-hydrogen) atoms. The molecule has 0 N–H and O–H groups in total. The summed E-state index contributed by atoms with van der Waals surface area (Å²) in [6.07, 6.45) is 14.9. The Kier molecular flexibility index (Phi) is 8.72. The predicted octanol–water partition coefficient (Wildman–Crippen LogP) is 5.03. The van der Waals surface area contributed by atoms with Gasteiger partial charge in [-0.2, -0.15) is 5.26 Å². The second-order valence-corrected chi connectivity index (χ2v) is 5.23. The largest absolute Gasteiger partial charge is 0.260 e. The minimum absolute atomic E-state index is 0.649. The van der Waals surface area contributed by atoms with E-state index in [1.54, 1.807) is 6.20 Å². The van der Waals surface area contributed by atoms with E-state index >= 15 is 0 Å². The van der Waals surface area contributed by atoms with Crippen molar-refractivity contribution in [3.05, 3.63) is 29.6 Å². The number of nitriles is 1. The van der Waals surface area contributed by atoms with Gasteiger partial charge in [-0.1, -0.05) is 58.3 Å². The number of aryl methyl sites for hydroxylation is 1. The monoisotopic (exact) mass is 258 g/mol. The fraction of sp³-hybridized carbons (Fsp3) is 0.647. The van der Waals surface area contributed by atoms with Crippen LogP contribution in [0.25, 0.3) is 0 Å². The molecular weight excluding hydrogens is 232 g/mol. The molecule has 0 aliphatic rings. The van der Waals surface area contributed by atoms with Gasteiger partial charge < -0.3 is 0 Å². The van der Waals surface area contributed by atoms with Crippen LogP contribution in [-0.4, -0.2) is 4.98 Å². The van der Waals surface area contributed by atoms with E-state index in [2.05, 4.69) is 18.0 Å². The van der Waals surface area contributed by atoms with E-state index in [-0.39, 0.29) is 0 Å². The van der Waals surface area contributed by atoms with E-state index in [4.69, 9.17) is 5.26 Å². The van der Waals surface area contributed by atoms with Gasteiger partial charge >= 0.3 is 0 Å². The van der Waals surface area contributed by atoms with Gasteiger partial charge in [0, 0.05) is 11.9 Å². The molecule has 2 nitrogen and oxygen atoms in total. The quantitative estimate of drug-likeness (QED) is 0.552. The number of pyridine rings is 1. The standard InChI is InChI=1S/C17H26N2/c1-2-3-4-5-6-7-8-9-10-11-17-13-12-16(14-18)15-19-17/h12-13,15H,2-11H2,1H3. The summed E-state index contributed by atoms with van der Waals surface area (Å²) in [5.41, 5.74) is 1.76. The van der Waals surface area contributed by atoms with Gasteiger partial charge in [0.15, 0.2) is 0 Å². The van der Waals surface area contributed by atoms with Gasteiger partial charge in [-0.3, -0.25) is 4.98 Å². The van der Waals surface area contributed by atoms with Gasteiger partial charge in [0.2, 0.25) is 0 Å². The van der Waals surface area contributed by atoms with Crippen molar-refractivity contribution in [3.8, 4) is 6.07 Å². The van der Waals surface area contributed by atoms with Crippen LogP contribution in [0.15, 0.2) is 18.3 Å². The van der Waals surface area contributed by atoms with E-state index in [1.807, 2.05) is 12.1 Å². The smallest absolute Gasteiger partial charge is 0.101 e.